The number of hydrogen-bond donors (Lipinski definition) is 2. The zero-order valence-corrected chi connectivity index (χ0v) is 23.1. The molecule has 40 heavy (non-hydrogen) atoms. The first-order chi connectivity index (χ1) is 19.5. The van der Waals surface area contributed by atoms with Crippen LogP contribution in [-0.4, -0.2) is 68.2 Å². The molecule has 1 atom stereocenters. The maximum absolute atomic E-state index is 13.3. The molecular weight excluding hydrogens is 506 g/mol. The first-order valence-corrected chi connectivity index (χ1v) is 13.9. The Morgan fingerprint density at radius 2 is 1.95 bits per heavy atom. The Kier molecular flexibility index (Phi) is 8.75. The molecule has 0 saturated carbocycles. The minimum absolute atomic E-state index is 0.160. The van der Waals surface area contributed by atoms with Gasteiger partial charge in [-0.15, -0.1) is 0 Å². The molecule has 2 bridgehead atoms. The number of carbonyl (C=O) groups is 2. The molecule has 1 aliphatic heterocycles. The number of ether oxygens (including phenoxy) is 1. The summed E-state index contributed by atoms with van der Waals surface area (Å²) in [6, 6.07) is 15.3. The predicted molar refractivity (Wildman–Crippen MR) is 153 cm³/mol. The highest BCUT2D eigenvalue weighted by molar-refractivity contribution is 5.88. The molecule has 0 saturated heterocycles. The zero-order chi connectivity index (χ0) is 27.9. The molecular formula is C30H37N7O3. The van der Waals surface area contributed by atoms with Crippen molar-refractivity contribution in [3.8, 4) is 17.1 Å². The summed E-state index contributed by atoms with van der Waals surface area (Å²) in [4.78, 5) is 33.1. The molecule has 4 aromatic rings. The third kappa shape index (κ3) is 6.87. The van der Waals surface area contributed by atoms with Gasteiger partial charge in [0.2, 0.25) is 11.8 Å². The minimum atomic E-state index is -0.606. The second kappa shape index (κ2) is 12.8. The molecule has 0 radical (unpaired) electrons. The largest absolute Gasteiger partial charge is 0.494 e. The standard InChI is InChI=1S/C30H37N7O3/c1-22(2)18-27-30(39)32-13-16-36-15-12-31-29(36)23-6-3-9-26(19-23)40-17-5-14-35(21-28(38)34-27)20-25-8-4-7-24-10-11-33-37(24)25/h3-4,6-12,15,19,22,27H,5,13-14,16-18,20-21H2,1-2H3,(H,32,39)(H,34,38)/t27-/m1/s1. The van der Waals surface area contributed by atoms with Crippen molar-refractivity contribution >= 4 is 17.3 Å². The number of pyridine rings is 1. The lowest BCUT2D eigenvalue weighted by molar-refractivity contribution is -0.130. The number of amides is 2. The zero-order valence-electron chi connectivity index (χ0n) is 23.1. The van der Waals surface area contributed by atoms with E-state index in [2.05, 4.69) is 25.6 Å². The van der Waals surface area contributed by atoms with Gasteiger partial charge in [-0.25, -0.2) is 9.50 Å². The summed E-state index contributed by atoms with van der Waals surface area (Å²) < 4.78 is 10.0. The van der Waals surface area contributed by atoms with Gasteiger partial charge in [-0.3, -0.25) is 14.5 Å². The van der Waals surface area contributed by atoms with Crippen molar-refractivity contribution in [2.75, 3.05) is 26.2 Å². The SMILES string of the molecule is CC(C)C[C@H]1NC(=O)CN(Cc2cccc3ccnn23)CCCOc2cccc(c2)-c2nccn2CCNC1=O. The summed E-state index contributed by atoms with van der Waals surface area (Å²) in [6.07, 6.45) is 6.71. The maximum Gasteiger partial charge on any atom is 0.242 e. The van der Waals surface area contributed by atoms with Crippen LogP contribution >= 0.6 is 0 Å². The number of nitrogens with one attached hydrogen (secondary N) is 2. The summed E-state index contributed by atoms with van der Waals surface area (Å²) in [5, 5.41) is 10.5. The highest BCUT2D eigenvalue weighted by Crippen LogP contribution is 2.23. The van der Waals surface area contributed by atoms with Crippen LogP contribution in [0.4, 0.5) is 0 Å². The van der Waals surface area contributed by atoms with Crippen molar-refractivity contribution in [1.29, 1.82) is 0 Å². The topological polar surface area (TPSA) is 106 Å². The molecule has 2 N–H and O–H groups in total. The summed E-state index contributed by atoms with van der Waals surface area (Å²) in [5.74, 6) is 1.47. The van der Waals surface area contributed by atoms with Crippen LogP contribution in [0.5, 0.6) is 5.75 Å². The van der Waals surface area contributed by atoms with Crippen molar-refractivity contribution in [3.63, 3.8) is 0 Å². The van der Waals surface area contributed by atoms with Gasteiger partial charge >= 0.3 is 0 Å². The summed E-state index contributed by atoms with van der Waals surface area (Å²) in [7, 11) is 0. The van der Waals surface area contributed by atoms with Crippen LogP contribution in [0.15, 0.2) is 67.1 Å². The molecule has 1 aliphatic rings. The normalized spacial score (nSPS) is 17.9. The number of fused-ring (bicyclic) bond motifs is 5. The number of imidazole rings is 1. The summed E-state index contributed by atoms with van der Waals surface area (Å²) in [6.45, 7) is 6.90. The molecule has 0 spiro atoms. The van der Waals surface area contributed by atoms with Crippen LogP contribution in [-0.2, 0) is 22.7 Å². The van der Waals surface area contributed by atoms with Crippen LogP contribution in [0, 0.1) is 5.92 Å². The molecule has 0 aliphatic carbocycles. The Balaban J connectivity index is 1.38. The quantitative estimate of drug-likeness (QED) is 0.410. The monoisotopic (exact) mass is 543 g/mol. The summed E-state index contributed by atoms with van der Waals surface area (Å²) >= 11 is 0. The minimum Gasteiger partial charge on any atom is -0.494 e. The first kappa shape index (κ1) is 27.4. The van der Waals surface area contributed by atoms with Crippen molar-refractivity contribution in [2.45, 2.75) is 45.8 Å². The first-order valence-electron chi connectivity index (χ1n) is 13.9. The maximum atomic E-state index is 13.3. The predicted octanol–water partition coefficient (Wildman–Crippen LogP) is 3.13. The van der Waals surface area contributed by atoms with Crippen molar-refractivity contribution in [1.82, 2.24) is 34.7 Å². The fourth-order valence-corrected chi connectivity index (χ4v) is 5.09. The van der Waals surface area contributed by atoms with Gasteiger partial charge in [0.1, 0.15) is 17.6 Å². The van der Waals surface area contributed by atoms with E-state index in [0.717, 1.165) is 34.8 Å². The second-order valence-corrected chi connectivity index (χ2v) is 10.6. The number of aromatic nitrogens is 4. The Labute approximate surface area is 234 Å². The third-order valence-electron chi connectivity index (χ3n) is 6.96. The average Bonchev–Trinajstić information content (AvgIpc) is 3.60. The summed E-state index contributed by atoms with van der Waals surface area (Å²) in [5.41, 5.74) is 2.94. The van der Waals surface area contributed by atoms with E-state index < -0.39 is 6.04 Å². The van der Waals surface area contributed by atoms with Gasteiger partial charge in [0.05, 0.1) is 24.4 Å². The Morgan fingerprint density at radius 1 is 1.07 bits per heavy atom. The van der Waals surface area contributed by atoms with Crippen LogP contribution < -0.4 is 15.4 Å². The number of carbonyl (C=O) groups excluding carboxylic acids is 2. The van der Waals surface area contributed by atoms with Gasteiger partial charge in [-0.1, -0.05) is 32.0 Å². The number of hydrogen-bond acceptors (Lipinski definition) is 6. The van der Waals surface area contributed by atoms with E-state index in [1.54, 1.807) is 12.4 Å². The molecule has 10 nitrogen and oxygen atoms in total. The van der Waals surface area contributed by atoms with Crippen LogP contribution in [0.1, 0.15) is 32.4 Å². The van der Waals surface area contributed by atoms with E-state index in [0.29, 0.717) is 39.2 Å². The van der Waals surface area contributed by atoms with Gasteiger partial charge < -0.3 is 19.9 Å². The Bertz CT molecular complexity index is 1440. The van der Waals surface area contributed by atoms with E-state index in [1.807, 2.05) is 77.7 Å². The van der Waals surface area contributed by atoms with E-state index >= 15 is 0 Å². The fraction of sp³-hybridized carbons (Fsp3) is 0.400. The Hall–Kier alpha value is -4.18. The number of benzene rings is 1. The molecule has 1 aromatic carbocycles. The van der Waals surface area contributed by atoms with E-state index in [1.165, 1.54) is 0 Å². The highest BCUT2D eigenvalue weighted by Gasteiger charge is 2.23. The number of nitrogens with zero attached hydrogens (tertiary/aromatic N) is 5. The fourth-order valence-electron chi connectivity index (χ4n) is 5.09. The molecule has 3 aromatic heterocycles. The van der Waals surface area contributed by atoms with Crippen LogP contribution in [0.3, 0.4) is 0 Å². The molecule has 0 unspecified atom stereocenters. The van der Waals surface area contributed by atoms with Gasteiger partial charge in [0, 0.05) is 50.3 Å². The van der Waals surface area contributed by atoms with Gasteiger partial charge in [0.15, 0.2) is 0 Å². The molecule has 4 heterocycles. The second-order valence-electron chi connectivity index (χ2n) is 10.6. The smallest absolute Gasteiger partial charge is 0.242 e. The molecule has 2 amide bonds. The van der Waals surface area contributed by atoms with Crippen LogP contribution in [0.2, 0.25) is 0 Å². The van der Waals surface area contributed by atoms with Gasteiger partial charge in [-0.2, -0.15) is 5.10 Å². The van der Waals surface area contributed by atoms with Crippen molar-refractivity contribution in [3.05, 3.63) is 72.8 Å². The van der Waals surface area contributed by atoms with Crippen molar-refractivity contribution < 1.29 is 14.3 Å². The average molecular weight is 544 g/mol. The number of rotatable bonds is 4. The van der Waals surface area contributed by atoms with E-state index in [4.69, 9.17) is 4.74 Å². The molecule has 210 valence electrons. The lowest BCUT2D eigenvalue weighted by Crippen LogP contribution is -2.50. The highest BCUT2D eigenvalue weighted by atomic mass is 16.5. The molecule has 10 heteroatoms. The molecule has 5 rings (SSSR count). The lowest BCUT2D eigenvalue weighted by Gasteiger charge is -2.25. The molecule has 0 fully saturated rings. The van der Waals surface area contributed by atoms with Gasteiger partial charge in [0.25, 0.3) is 0 Å². The van der Waals surface area contributed by atoms with Gasteiger partial charge in [-0.05, 0) is 49.1 Å². The lowest BCUT2D eigenvalue weighted by atomic mass is 10.0. The van der Waals surface area contributed by atoms with E-state index in [9.17, 15) is 9.59 Å². The third-order valence-corrected chi connectivity index (χ3v) is 6.96. The Morgan fingerprint density at radius 3 is 2.83 bits per heavy atom. The van der Waals surface area contributed by atoms with E-state index in [-0.39, 0.29) is 24.3 Å². The van der Waals surface area contributed by atoms with Crippen molar-refractivity contribution in [2.24, 2.45) is 5.92 Å². The van der Waals surface area contributed by atoms with Crippen LogP contribution in [0.25, 0.3) is 16.9 Å².